The molecule has 5 atom stereocenters. The summed E-state index contributed by atoms with van der Waals surface area (Å²) in [6.45, 7) is 2.04. The van der Waals surface area contributed by atoms with E-state index in [0.717, 1.165) is 51.4 Å². The van der Waals surface area contributed by atoms with Crippen molar-refractivity contribution in [1.82, 2.24) is 4.90 Å². The second kappa shape index (κ2) is 6.90. The van der Waals surface area contributed by atoms with Crippen molar-refractivity contribution in [1.29, 1.82) is 0 Å². The van der Waals surface area contributed by atoms with Crippen LogP contribution < -0.4 is 5.73 Å². The fourth-order valence-electron chi connectivity index (χ4n) is 3.95. The molecule has 0 saturated heterocycles. The van der Waals surface area contributed by atoms with E-state index in [4.69, 9.17) is 5.73 Å². The Morgan fingerprint density at radius 3 is 2.55 bits per heavy atom. The Bertz CT molecular complexity index is 334. The van der Waals surface area contributed by atoms with Gasteiger partial charge in [0.05, 0.1) is 12.1 Å². The maximum Gasteiger partial charge on any atom is 0.225 e. The van der Waals surface area contributed by atoms with Crippen LogP contribution in [-0.2, 0) is 4.79 Å². The van der Waals surface area contributed by atoms with E-state index in [2.05, 4.69) is 0 Å². The van der Waals surface area contributed by atoms with Crippen LogP contribution >= 0.6 is 0 Å². The third kappa shape index (κ3) is 3.53. The van der Waals surface area contributed by atoms with Crippen LogP contribution in [-0.4, -0.2) is 41.1 Å². The molecule has 2 rings (SSSR count). The Balaban J connectivity index is 1.94. The lowest BCUT2D eigenvalue weighted by Crippen LogP contribution is -2.49. The zero-order valence-corrected chi connectivity index (χ0v) is 12.9. The second-order valence-electron chi connectivity index (χ2n) is 6.84. The van der Waals surface area contributed by atoms with E-state index in [0.29, 0.717) is 5.92 Å². The summed E-state index contributed by atoms with van der Waals surface area (Å²) in [4.78, 5) is 14.5. The fourth-order valence-corrected chi connectivity index (χ4v) is 3.95. The zero-order chi connectivity index (χ0) is 14.7. The molecule has 2 saturated carbocycles. The highest BCUT2D eigenvalue weighted by molar-refractivity contribution is 5.79. The quantitative estimate of drug-likeness (QED) is 0.831. The van der Waals surface area contributed by atoms with Crippen molar-refractivity contribution in [2.24, 2.45) is 17.6 Å². The van der Waals surface area contributed by atoms with Crippen molar-refractivity contribution in [3.05, 3.63) is 0 Å². The molecule has 3 N–H and O–H groups in total. The number of rotatable bonds is 3. The third-order valence-electron chi connectivity index (χ3n) is 5.39. The van der Waals surface area contributed by atoms with Crippen LogP contribution in [0.3, 0.4) is 0 Å². The number of nitrogens with zero attached hydrogens (tertiary/aromatic N) is 1. The van der Waals surface area contributed by atoms with E-state index in [1.165, 1.54) is 0 Å². The zero-order valence-electron chi connectivity index (χ0n) is 12.9. The Hall–Kier alpha value is -0.610. The van der Waals surface area contributed by atoms with Crippen molar-refractivity contribution in [3.8, 4) is 0 Å². The molecule has 5 unspecified atom stereocenters. The minimum Gasteiger partial charge on any atom is -0.391 e. The first-order valence-corrected chi connectivity index (χ1v) is 8.21. The molecule has 4 nitrogen and oxygen atoms in total. The minimum atomic E-state index is -0.349. The first kappa shape index (κ1) is 15.8. The largest absolute Gasteiger partial charge is 0.391 e. The molecule has 0 aromatic heterocycles. The molecule has 0 bridgehead atoms. The molecule has 0 aliphatic heterocycles. The maximum atomic E-state index is 12.7. The van der Waals surface area contributed by atoms with Gasteiger partial charge in [-0.3, -0.25) is 4.79 Å². The Labute approximate surface area is 122 Å². The molecule has 0 spiro atoms. The van der Waals surface area contributed by atoms with Gasteiger partial charge >= 0.3 is 0 Å². The van der Waals surface area contributed by atoms with Gasteiger partial charge in [-0.05, 0) is 38.0 Å². The number of aliphatic hydroxyl groups is 1. The fraction of sp³-hybridized carbons (Fsp3) is 0.938. The number of aliphatic hydroxyl groups excluding tert-OH is 1. The number of carbonyl (C=O) groups is 1. The SMILES string of the molecule is CC(C(=O)N(C)C1CCCCC1O)C1CCCC(N)C1. The van der Waals surface area contributed by atoms with Gasteiger partial charge in [-0.1, -0.05) is 26.2 Å². The van der Waals surface area contributed by atoms with Gasteiger partial charge in [0.1, 0.15) is 0 Å². The van der Waals surface area contributed by atoms with Crippen LogP contribution in [0.5, 0.6) is 0 Å². The Morgan fingerprint density at radius 2 is 1.90 bits per heavy atom. The lowest BCUT2D eigenvalue weighted by molar-refractivity contribution is -0.141. The predicted molar refractivity (Wildman–Crippen MR) is 80.1 cm³/mol. The molecule has 20 heavy (non-hydrogen) atoms. The highest BCUT2D eigenvalue weighted by atomic mass is 16.3. The topological polar surface area (TPSA) is 66.6 Å². The lowest BCUT2D eigenvalue weighted by atomic mass is 9.78. The standard InChI is InChI=1S/C16H30N2O2/c1-11(12-6-5-7-13(17)10-12)16(20)18(2)14-8-3-4-9-15(14)19/h11-15,19H,3-10,17H2,1-2H3. The Morgan fingerprint density at radius 1 is 1.20 bits per heavy atom. The number of amides is 1. The van der Waals surface area contributed by atoms with Gasteiger partial charge in [-0.15, -0.1) is 0 Å². The highest BCUT2D eigenvalue weighted by Gasteiger charge is 2.35. The van der Waals surface area contributed by atoms with Crippen molar-refractivity contribution in [2.45, 2.75) is 76.5 Å². The van der Waals surface area contributed by atoms with Crippen LogP contribution in [0.4, 0.5) is 0 Å². The molecular formula is C16H30N2O2. The number of hydrogen-bond acceptors (Lipinski definition) is 3. The summed E-state index contributed by atoms with van der Waals surface area (Å²) in [5, 5.41) is 10.1. The van der Waals surface area contributed by atoms with Crippen molar-refractivity contribution in [2.75, 3.05) is 7.05 Å². The average molecular weight is 282 g/mol. The molecule has 1 amide bonds. The number of hydrogen-bond donors (Lipinski definition) is 2. The van der Waals surface area contributed by atoms with Gasteiger partial charge in [-0.25, -0.2) is 0 Å². The summed E-state index contributed by atoms with van der Waals surface area (Å²) in [5.74, 6) is 0.630. The van der Waals surface area contributed by atoms with E-state index in [-0.39, 0.29) is 30.0 Å². The summed E-state index contributed by atoms with van der Waals surface area (Å²) in [7, 11) is 1.86. The average Bonchev–Trinajstić information content (AvgIpc) is 2.45. The number of nitrogens with two attached hydrogens (primary N) is 1. The van der Waals surface area contributed by atoms with E-state index in [1.807, 2.05) is 18.9 Å². The molecule has 0 aromatic carbocycles. The van der Waals surface area contributed by atoms with Gasteiger partial charge < -0.3 is 15.7 Å². The second-order valence-corrected chi connectivity index (χ2v) is 6.84. The van der Waals surface area contributed by atoms with Crippen LogP contribution in [0.15, 0.2) is 0 Å². The third-order valence-corrected chi connectivity index (χ3v) is 5.39. The first-order valence-electron chi connectivity index (χ1n) is 8.21. The summed E-state index contributed by atoms with van der Waals surface area (Å²) in [6, 6.07) is 0.269. The van der Waals surface area contributed by atoms with Crippen molar-refractivity contribution >= 4 is 5.91 Å². The molecule has 2 fully saturated rings. The highest BCUT2D eigenvalue weighted by Crippen LogP contribution is 2.32. The summed E-state index contributed by atoms with van der Waals surface area (Å²) in [6.07, 6.45) is 7.90. The molecule has 0 radical (unpaired) electrons. The number of likely N-dealkylation sites (N-methyl/N-ethyl adjacent to an activating group) is 1. The van der Waals surface area contributed by atoms with Crippen LogP contribution in [0.2, 0.25) is 0 Å². The molecule has 0 heterocycles. The normalized spacial score (nSPS) is 36.4. The van der Waals surface area contributed by atoms with E-state index < -0.39 is 0 Å². The maximum absolute atomic E-state index is 12.7. The van der Waals surface area contributed by atoms with E-state index in [9.17, 15) is 9.90 Å². The molecular weight excluding hydrogens is 252 g/mol. The smallest absolute Gasteiger partial charge is 0.225 e. The summed E-state index contributed by atoms with van der Waals surface area (Å²) < 4.78 is 0. The van der Waals surface area contributed by atoms with Crippen molar-refractivity contribution < 1.29 is 9.90 Å². The molecule has 2 aliphatic rings. The van der Waals surface area contributed by atoms with Gasteiger partial charge in [-0.2, -0.15) is 0 Å². The lowest BCUT2D eigenvalue weighted by Gasteiger charge is -2.39. The molecule has 0 aromatic rings. The van der Waals surface area contributed by atoms with Gasteiger partial charge in [0, 0.05) is 19.0 Å². The summed E-state index contributed by atoms with van der Waals surface area (Å²) in [5.41, 5.74) is 6.04. The van der Waals surface area contributed by atoms with Crippen LogP contribution in [0.1, 0.15) is 58.3 Å². The van der Waals surface area contributed by atoms with Crippen LogP contribution in [0.25, 0.3) is 0 Å². The molecule has 2 aliphatic carbocycles. The Kier molecular flexibility index (Phi) is 5.44. The predicted octanol–water partition coefficient (Wildman–Crippen LogP) is 1.90. The van der Waals surface area contributed by atoms with E-state index >= 15 is 0 Å². The van der Waals surface area contributed by atoms with E-state index in [1.54, 1.807) is 0 Å². The summed E-state index contributed by atoms with van der Waals surface area (Å²) >= 11 is 0. The van der Waals surface area contributed by atoms with Crippen molar-refractivity contribution in [3.63, 3.8) is 0 Å². The first-order chi connectivity index (χ1) is 9.50. The van der Waals surface area contributed by atoms with Gasteiger partial charge in [0.25, 0.3) is 0 Å². The number of carbonyl (C=O) groups excluding carboxylic acids is 1. The van der Waals surface area contributed by atoms with Crippen LogP contribution in [0, 0.1) is 11.8 Å². The molecule has 4 heteroatoms. The van der Waals surface area contributed by atoms with Gasteiger partial charge in [0.2, 0.25) is 5.91 Å². The van der Waals surface area contributed by atoms with Gasteiger partial charge in [0.15, 0.2) is 0 Å². The monoisotopic (exact) mass is 282 g/mol. The molecule has 116 valence electrons. The minimum absolute atomic E-state index is 0.0102.